The van der Waals surface area contributed by atoms with Crippen LogP contribution in [0.5, 0.6) is 0 Å². The van der Waals surface area contributed by atoms with E-state index in [1.54, 1.807) is 13.1 Å². The van der Waals surface area contributed by atoms with Gasteiger partial charge in [-0.05, 0) is 31.5 Å². The summed E-state index contributed by atoms with van der Waals surface area (Å²) >= 11 is 0. The van der Waals surface area contributed by atoms with Crippen molar-refractivity contribution in [2.75, 3.05) is 6.54 Å². The molecule has 0 amide bonds. The number of aryl methyl sites for hydroxylation is 1. The lowest BCUT2D eigenvalue weighted by Gasteiger charge is -2.23. The second kappa shape index (κ2) is 4.86. The highest BCUT2D eigenvalue weighted by Gasteiger charge is 2.18. The molecule has 0 spiro atoms. The molecule has 2 aromatic heterocycles. The van der Waals surface area contributed by atoms with Crippen LogP contribution in [-0.4, -0.2) is 20.7 Å². The van der Waals surface area contributed by atoms with Gasteiger partial charge in [-0.1, -0.05) is 6.42 Å². The summed E-state index contributed by atoms with van der Waals surface area (Å²) in [5, 5.41) is 3.91. The standard InChI is InChI=1S/C14H18N4O2/c1-17-12-9(13(19)18(2)14(17)20)6-7-11(16-12)10-5-3-4-8-15-10/h6-7,10,15H,3-5,8H2,1-2H3/t10-/m0/s1. The van der Waals surface area contributed by atoms with Crippen molar-refractivity contribution in [3.05, 3.63) is 38.7 Å². The Bertz CT molecular complexity index is 769. The summed E-state index contributed by atoms with van der Waals surface area (Å²) < 4.78 is 2.55. The molecule has 2 aromatic rings. The topological polar surface area (TPSA) is 68.9 Å². The van der Waals surface area contributed by atoms with E-state index in [1.807, 2.05) is 6.07 Å². The van der Waals surface area contributed by atoms with Gasteiger partial charge >= 0.3 is 5.69 Å². The van der Waals surface area contributed by atoms with Crippen molar-refractivity contribution in [3.8, 4) is 0 Å². The number of rotatable bonds is 1. The molecule has 1 atom stereocenters. The van der Waals surface area contributed by atoms with Crippen LogP contribution in [0.4, 0.5) is 0 Å². The van der Waals surface area contributed by atoms with Gasteiger partial charge in [-0.25, -0.2) is 9.78 Å². The minimum Gasteiger partial charge on any atom is -0.309 e. The van der Waals surface area contributed by atoms with Crippen LogP contribution >= 0.6 is 0 Å². The molecule has 20 heavy (non-hydrogen) atoms. The van der Waals surface area contributed by atoms with E-state index in [9.17, 15) is 9.59 Å². The van der Waals surface area contributed by atoms with Gasteiger partial charge in [-0.15, -0.1) is 0 Å². The van der Waals surface area contributed by atoms with E-state index in [0.717, 1.165) is 23.2 Å². The Morgan fingerprint density at radius 2 is 2.00 bits per heavy atom. The predicted molar refractivity (Wildman–Crippen MR) is 76.8 cm³/mol. The van der Waals surface area contributed by atoms with E-state index >= 15 is 0 Å². The van der Waals surface area contributed by atoms with Crippen molar-refractivity contribution in [3.63, 3.8) is 0 Å². The first-order valence-corrected chi connectivity index (χ1v) is 6.89. The highest BCUT2D eigenvalue weighted by atomic mass is 16.2. The molecule has 6 nitrogen and oxygen atoms in total. The lowest BCUT2D eigenvalue weighted by atomic mass is 10.0. The number of aromatic nitrogens is 3. The number of hydrogen-bond donors (Lipinski definition) is 1. The fourth-order valence-electron chi connectivity index (χ4n) is 2.77. The molecule has 0 aliphatic carbocycles. The van der Waals surface area contributed by atoms with E-state index in [4.69, 9.17) is 0 Å². The Morgan fingerprint density at radius 3 is 2.70 bits per heavy atom. The zero-order chi connectivity index (χ0) is 14.3. The number of nitrogens with one attached hydrogen (secondary N) is 1. The van der Waals surface area contributed by atoms with Gasteiger partial charge in [-0.2, -0.15) is 0 Å². The van der Waals surface area contributed by atoms with Gasteiger partial charge < -0.3 is 5.32 Å². The molecule has 6 heteroatoms. The van der Waals surface area contributed by atoms with Crippen molar-refractivity contribution in [2.24, 2.45) is 14.1 Å². The number of piperidine rings is 1. The maximum atomic E-state index is 12.1. The smallest absolute Gasteiger partial charge is 0.309 e. The molecule has 1 N–H and O–H groups in total. The molecule has 1 saturated heterocycles. The van der Waals surface area contributed by atoms with Crippen LogP contribution < -0.4 is 16.6 Å². The van der Waals surface area contributed by atoms with Gasteiger partial charge in [0.25, 0.3) is 5.56 Å². The largest absolute Gasteiger partial charge is 0.332 e. The predicted octanol–water partition coefficient (Wildman–Crippen LogP) is 0.447. The Morgan fingerprint density at radius 1 is 1.20 bits per heavy atom. The summed E-state index contributed by atoms with van der Waals surface area (Å²) in [6.07, 6.45) is 3.40. The summed E-state index contributed by atoms with van der Waals surface area (Å²) in [5.41, 5.74) is 0.728. The van der Waals surface area contributed by atoms with Crippen LogP contribution in [-0.2, 0) is 14.1 Å². The Kier molecular flexibility index (Phi) is 3.17. The monoisotopic (exact) mass is 274 g/mol. The first-order chi connectivity index (χ1) is 9.59. The van der Waals surface area contributed by atoms with Gasteiger partial charge in [0.15, 0.2) is 0 Å². The second-order valence-corrected chi connectivity index (χ2v) is 5.32. The summed E-state index contributed by atoms with van der Waals surface area (Å²) in [6, 6.07) is 3.87. The third kappa shape index (κ3) is 1.96. The van der Waals surface area contributed by atoms with Crippen molar-refractivity contribution < 1.29 is 0 Å². The first-order valence-electron chi connectivity index (χ1n) is 6.89. The quantitative estimate of drug-likeness (QED) is 0.819. The Labute approximate surface area is 116 Å². The molecule has 0 aromatic carbocycles. The molecule has 0 bridgehead atoms. The van der Waals surface area contributed by atoms with E-state index in [2.05, 4.69) is 10.3 Å². The minimum atomic E-state index is -0.344. The van der Waals surface area contributed by atoms with E-state index in [0.29, 0.717) is 11.0 Å². The fraction of sp³-hybridized carbons (Fsp3) is 0.500. The zero-order valence-electron chi connectivity index (χ0n) is 11.7. The zero-order valence-corrected chi connectivity index (χ0v) is 11.7. The normalized spacial score (nSPS) is 19.4. The van der Waals surface area contributed by atoms with Crippen LogP contribution in [0.25, 0.3) is 11.0 Å². The first kappa shape index (κ1) is 13.1. The van der Waals surface area contributed by atoms with Gasteiger partial charge in [-0.3, -0.25) is 13.9 Å². The molecule has 0 radical (unpaired) electrons. The van der Waals surface area contributed by atoms with E-state index < -0.39 is 0 Å². The average molecular weight is 274 g/mol. The van der Waals surface area contributed by atoms with E-state index in [1.165, 1.54) is 24.5 Å². The summed E-state index contributed by atoms with van der Waals surface area (Å²) in [4.78, 5) is 28.6. The molecule has 3 heterocycles. The summed E-state index contributed by atoms with van der Waals surface area (Å²) in [5.74, 6) is 0. The molecule has 106 valence electrons. The van der Waals surface area contributed by atoms with Crippen molar-refractivity contribution >= 4 is 11.0 Å². The molecule has 1 aliphatic heterocycles. The number of fused-ring (bicyclic) bond motifs is 1. The molecule has 3 rings (SSSR count). The number of hydrogen-bond acceptors (Lipinski definition) is 4. The van der Waals surface area contributed by atoms with Gasteiger partial charge in [0.05, 0.1) is 11.1 Å². The summed E-state index contributed by atoms with van der Waals surface area (Å²) in [6.45, 7) is 0.986. The van der Waals surface area contributed by atoms with Crippen molar-refractivity contribution in [2.45, 2.75) is 25.3 Å². The van der Waals surface area contributed by atoms with Crippen molar-refractivity contribution in [1.29, 1.82) is 0 Å². The molecule has 1 aliphatic rings. The lowest BCUT2D eigenvalue weighted by Crippen LogP contribution is -2.37. The minimum absolute atomic E-state index is 0.215. The highest BCUT2D eigenvalue weighted by Crippen LogP contribution is 2.22. The number of pyridine rings is 1. The molecule has 0 saturated carbocycles. The third-order valence-corrected chi connectivity index (χ3v) is 3.99. The highest BCUT2D eigenvalue weighted by molar-refractivity contribution is 5.74. The molecule has 0 unspecified atom stereocenters. The maximum Gasteiger partial charge on any atom is 0.332 e. The van der Waals surface area contributed by atoms with Crippen LogP contribution in [0.1, 0.15) is 31.0 Å². The number of nitrogens with zero attached hydrogens (tertiary/aromatic N) is 3. The van der Waals surface area contributed by atoms with Gasteiger partial charge in [0.1, 0.15) is 5.65 Å². The van der Waals surface area contributed by atoms with Crippen LogP contribution in [0.3, 0.4) is 0 Å². The summed E-state index contributed by atoms with van der Waals surface area (Å²) in [7, 11) is 3.13. The molecular formula is C14H18N4O2. The van der Waals surface area contributed by atoms with Crippen LogP contribution in [0.15, 0.2) is 21.7 Å². The average Bonchev–Trinajstić information content (AvgIpc) is 2.51. The maximum absolute atomic E-state index is 12.1. The fourth-order valence-corrected chi connectivity index (χ4v) is 2.77. The van der Waals surface area contributed by atoms with Crippen LogP contribution in [0.2, 0.25) is 0 Å². The van der Waals surface area contributed by atoms with Gasteiger partial charge in [0.2, 0.25) is 0 Å². The van der Waals surface area contributed by atoms with Crippen LogP contribution in [0, 0.1) is 0 Å². The second-order valence-electron chi connectivity index (χ2n) is 5.32. The lowest BCUT2D eigenvalue weighted by molar-refractivity contribution is 0.405. The molecule has 1 fully saturated rings. The SMILES string of the molecule is Cn1c(=O)c2ccc([C@@H]3CCCCN3)nc2n(C)c1=O. The van der Waals surface area contributed by atoms with Crippen molar-refractivity contribution in [1.82, 2.24) is 19.4 Å². The van der Waals surface area contributed by atoms with E-state index in [-0.39, 0.29) is 17.3 Å². The Balaban J connectivity index is 2.20. The van der Waals surface area contributed by atoms with Gasteiger partial charge in [0, 0.05) is 20.1 Å². The molecular weight excluding hydrogens is 256 g/mol. The Hall–Kier alpha value is -1.95. The third-order valence-electron chi connectivity index (χ3n) is 3.99.